The number of thioether (sulfide) groups is 1. The van der Waals surface area contributed by atoms with Gasteiger partial charge in [-0.2, -0.15) is 13.2 Å². The van der Waals surface area contributed by atoms with E-state index >= 15 is 0 Å². The fourth-order valence-electron chi connectivity index (χ4n) is 0.890. The number of alkyl halides is 3. The summed E-state index contributed by atoms with van der Waals surface area (Å²) in [6.45, 7) is 0. The Morgan fingerprint density at radius 3 is 2.47 bits per heavy atom. The first-order valence-electron chi connectivity index (χ1n) is 3.83. The first-order chi connectivity index (χ1) is 6.90. The Labute approximate surface area is 87.4 Å². The molecule has 15 heavy (non-hydrogen) atoms. The third-order valence-electron chi connectivity index (χ3n) is 1.45. The Kier molecular flexibility index (Phi) is 3.57. The number of benzene rings is 1. The lowest BCUT2D eigenvalue weighted by molar-refractivity contribution is -0.387. The molecule has 0 unspecified atom stereocenters. The van der Waals surface area contributed by atoms with E-state index in [0.717, 1.165) is 0 Å². The van der Waals surface area contributed by atoms with Crippen LogP contribution in [0, 0.1) is 10.1 Å². The third kappa shape index (κ3) is 3.78. The average molecular weight is 237 g/mol. The molecule has 3 nitrogen and oxygen atoms in total. The normalized spacial score (nSPS) is 11.4. The molecule has 1 aromatic carbocycles. The highest BCUT2D eigenvalue weighted by molar-refractivity contribution is 7.99. The Morgan fingerprint density at radius 2 is 1.93 bits per heavy atom. The molecule has 0 spiro atoms. The maximum atomic E-state index is 11.9. The van der Waals surface area contributed by atoms with Crippen molar-refractivity contribution in [1.29, 1.82) is 0 Å². The van der Waals surface area contributed by atoms with Crippen LogP contribution >= 0.6 is 11.8 Å². The van der Waals surface area contributed by atoms with E-state index in [1.54, 1.807) is 0 Å². The Morgan fingerprint density at radius 1 is 1.33 bits per heavy atom. The van der Waals surface area contributed by atoms with Gasteiger partial charge in [-0.15, -0.1) is 11.8 Å². The summed E-state index contributed by atoms with van der Waals surface area (Å²) in [6.07, 6.45) is -4.33. The van der Waals surface area contributed by atoms with Gasteiger partial charge in [0.05, 0.1) is 15.6 Å². The lowest BCUT2D eigenvalue weighted by Gasteiger charge is -2.05. The van der Waals surface area contributed by atoms with Crippen LogP contribution in [0.15, 0.2) is 29.2 Å². The first-order valence-corrected chi connectivity index (χ1v) is 4.82. The van der Waals surface area contributed by atoms with E-state index < -0.39 is 16.9 Å². The fourth-order valence-corrected chi connectivity index (χ4v) is 1.67. The molecule has 0 fully saturated rings. The molecule has 82 valence electrons. The van der Waals surface area contributed by atoms with Gasteiger partial charge in [-0.05, 0) is 6.07 Å². The van der Waals surface area contributed by atoms with Gasteiger partial charge in [0.2, 0.25) is 0 Å². The minimum atomic E-state index is -4.33. The minimum Gasteiger partial charge on any atom is -0.258 e. The van der Waals surface area contributed by atoms with Crippen molar-refractivity contribution < 1.29 is 18.1 Å². The smallest absolute Gasteiger partial charge is 0.258 e. The second-order valence-electron chi connectivity index (χ2n) is 2.63. The molecule has 0 heterocycles. The molecule has 0 aliphatic carbocycles. The molecular weight excluding hydrogens is 231 g/mol. The number of nitrogens with zero attached hydrogens (tertiary/aromatic N) is 1. The van der Waals surface area contributed by atoms with Gasteiger partial charge in [-0.25, -0.2) is 0 Å². The summed E-state index contributed by atoms with van der Waals surface area (Å²) in [5.41, 5.74) is -0.299. The van der Waals surface area contributed by atoms with E-state index in [0.29, 0.717) is 11.8 Å². The molecule has 1 aromatic rings. The van der Waals surface area contributed by atoms with Gasteiger partial charge in [-0.3, -0.25) is 10.1 Å². The SMILES string of the molecule is O=[N+]([O-])c1ccccc1SCC(F)(F)F. The van der Waals surface area contributed by atoms with Gasteiger partial charge in [-0.1, -0.05) is 12.1 Å². The Hall–Kier alpha value is -1.24. The van der Waals surface area contributed by atoms with Crippen molar-refractivity contribution >= 4 is 17.4 Å². The van der Waals surface area contributed by atoms with Crippen LogP contribution < -0.4 is 0 Å². The molecule has 1 rings (SSSR count). The van der Waals surface area contributed by atoms with Gasteiger partial charge in [0.15, 0.2) is 0 Å². The van der Waals surface area contributed by atoms with Crippen LogP contribution in [-0.4, -0.2) is 16.9 Å². The Balaban J connectivity index is 2.81. The predicted molar refractivity (Wildman–Crippen MR) is 49.9 cm³/mol. The lowest BCUT2D eigenvalue weighted by atomic mass is 10.3. The highest BCUT2D eigenvalue weighted by Gasteiger charge is 2.28. The average Bonchev–Trinajstić information content (AvgIpc) is 2.14. The number of hydrogen-bond acceptors (Lipinski definition) is 3. The van der Waals surface area contributed by atoms with Gasteiger partial charge in [0, 0.05) is 6.07 Å². The molecule has 0 bridgehead atoms. The van der Waals surface area contributed by atoms with Crippen molar-refractivity contribution in [2.75, 3.05) is 5.75 Å². The molecule has 0 atom stereocenters. The summed E-state index contributed by atoms with van der Waals surface area (Å²) in [5.74, 6) is -1.13. The molecule has 0 amide bonds. The van der Waals surface area contributed by atoms with E-state index in [4.69, 9.17) is 0 Å². The van der Waals surface area contributed by atoms with Gasteiger partial charge in [0.1, 0.15) is 0 Å². The molecule has 0 saturated carbocycles. The molecular formula is C8H6F3NO2S. The predicted octanol–water partition coefficient (Wildman–Crippen LogP) is 3.25. The number of nitro groups is 1. The van der Waals surface area contributed by atoms with Crippen LogP contribution in [0.3, 0.4) is 0 Å². The summed E-state index contributed by atoms with van der Waals surface area (Å²) in [5, 5.41) is 10.5. The van der Waals surface area contributed by atoms with Gasteiger partial charge < -0.3 is 0 Å². The first kappa shape index (κ1) is 11.8. The summed E-state index contributed by atoms with van der Waals surface area (Å²) >= 11 is 0.416. The van der Waals surface area contributed by atoms with Crippen molar-refractivity contribution in [2.24, 2.45) is 0 Å². The molecule has 0 aromatic heterocycles. The third-order valence-corrected chi connectivity index (χ3v) is 2.58. The number of para-hydroxylation sites is 1. The maximum absolute atomic E-state index is 11.9. The zero-order valence-corrected chi connectivity index (χ0v) is 8.14. The van der Waals surface area contributed by atoms with Gasteiger partial charge >= 0.3 is 6.18 Å². The van der Waals surface area contributed by atoms with E-state index in [9.17, 15) is 23.3 Å². The minimum absolute atomic E-state index is 0.0276. The van der Waals surface area contributed by atoms with E-state index in [1.165, 1.54) is 24.3 Å². The van der Waals surface area contributed by atoms with Crippen LogP contribution in [-0.2, 0) is 0 Å². The Bertz CT molecular complexity index is 367. The van der Waals surface area contributed by atoms with Crippen LogP contribution in [0.4, 0.5) is 18.9 Å². The molecule has 7 heteroatoms. The number of rotatable bonds is 3. The summed E-state index contributed by atoms with van der Waals surface area (Å²) in [4.78, 5) is 9.79. The van der Waals surface area contributed by atoms with E-state index in [-0.39, 0.29) is 10.6 Å². The molecule has 0 aliphatic rings. The molecule has 0 aliphatic heterocycles. The molecule has 0 radical (unpaired) electrons. The maximum Gasteiger partial charge on any atom is 0.398 e. The summed E-state index contributed by atoms with van der Waals surface area (Å²) in [7, 11) is 0. The zero-order chi connectivity index (χ0) is 11.5. The van der Waals surface area contributed by atoms with Crippen molar-refractivity contribution in [2.45, 2.75) is 11.1 Å². The van der Waals surface area contributed by atoms with E-state index in [1.807, 2.05) is 0 Å². The largest absolute Gasteiger partial charge is 0.398 e. The van der Waals surface area contributed by atoms with Gasteiger partial charge in [0.25, 0.3) is 5.69 Å². The standard InChI is InChI=1S/C8H6F3NO2S/c9-8(10,11)5-15-7-4-2-1-3-6(7)12(13)14/h1-4H,5H2. The summed E-state index contributed by atoms with van der Waals surface area (Å²) < 4.78 is 35.7. The van der Waals surface area contributed by atoms with Crippen molar-refractivity contribution in [1.82, 2.24) is 0 Å². The van der Waals surface area contributed by atoms with Crippen LogP contribution in [0.5, 0.6) is 0 Å². The number of hydrogen-bond donors (Lipinski definition) is 0. The van der Waals surface area contributed by atoms with Crippen LogP contribution in [0.25, 0.3) is 0 Å². The topological polar surface area (TPSA) is 43.1 Å². The molecule has 0 saturated heterocycles. The molecule has 0 N–H and O–H groups in total. The van der Waals surface area contributed by atoms with Crippen LogP contribution in [0.1, 0.15) is 0 Å². The second-order valence-corrected chi connectivity index (χ2v) is 3.65. The number of halogens is 3. The quantitative estimate of drug-likeness (QED) is 0.460. The zero-order valence-electron chi connectivity index (χ0n) is 7.32. The number of nitro benzene ring substituents is 1. The second kappa shape index (κ2) is 4.52. The van der Waals surface area contributed by atoms with Crippen molar-refractivity contribution in [3.05, 3.63) is 34.4 Å². The lowest BCUT2D eigenvalue weighted by Crippen LogP contribution is -2.10. The van der Waals surface area contributed by atoms with Crippen LogP contribution in [0.2, 0.25) is 0 Å². The monoisotopic (exact) mass is 237 g/mol. The van der Waals surface area contributed by atoms with Crippen molar-refractivity contribution in [3.63, 3.8) is 0 Å². The van der Waals surface area contributed by atoms with E-state index in [2.05, 4.69) is 0 Å². The summed E-state index contributed by atoms with van der Waals surface area (Å²) in [6, 6.07) is 5.36. The van der Waals surface area contributed by atoms with Crippen molar-refractivity contribution in [3.8, 4) is 0 Å². The highest BCUT2D eigenvalue weighted by atomic mass is 32.2. The highest BCUT2D eigenvalue weighted by Crippen LogP contribution is 2.32. The fraction of sp³-hybridized carbons (Fsp3) is 0.250.